The van der Waals surface area contributed by atoms with Crippen LogP contribution in [0.5, 0.6) is 5.75 Å². The first kappa shape index (κ1) is 23.4. The van der Waals surface area contributed by atoms with Gasteiger partial charge in [-0.2, -0.15) is 0 Å². The number of hydrogen-bond acceptors (Lipinski definition) is 4. The van der Waals surface area contributed by atoms with Gasteiger partial charge in [0.2, 0.25) is 0 Å². The highest BCUT2D eigenvalue weighted by molar-refractivity contribution is 7.51. The Hall–Kier alpha value is -1.88. The maximum absolute atomic E-state index is 11.8. The van der Waals surface area contributed by atoms with Crippen LogP contribution in [0.3, 0.4) is 0 Å². The fourth-order valence-electron chi connectivity index (χ4n) is 3.24. The Morgan fingerprint density at radius 2 is 1.55 bits per heavy atom. The molecule has 1 aromatic carbocycles. The minimum Gasteiger partial charge on any atom is -0.507 e. The van der Waals surface area contributed by atoms with E-state index in [1.165, 1.54) is 0 Å². The number of benzene rings is 1. The lowest BCUT2D eigenvalue weighted by Gasteiger charge is -2.32. The highest BCUT2D eigenvalue weighted by Gasteiger charge is 2.29. The number of anilines is 1. The van der Waals surface area contributed by atoms with E-state index in [0.29, 0.717) is 18.7 Å². The van der Waals surface area contributed by atoms with E-state index in [1.807, 2.05) is 71.9 Å². The van der Waals surface area contributed by atoms with Gasteiger partial charge >= 0.3 is 7.60 Å². The van der Waals surface area contributed by atoms with Crippen LogP contribution in [0.25, 0.3) is 0 Å². The summed E-state index contributed by atoms with van der Waals surface area (Å²) in [6.07, 6.45) is 1.87. The molecule has 0 atom stereocenters. The van der Waals surface area contributed by atoms with Gasteiger partial charge in [0.15, 0.2) is 0 Å². The molecule has 0 saturated carbocycles. The molecule has 3 N–H and O–H groups in total. The first-order valence-corrected chi connectivity index (χ1v) is 11.6. The quantitative estimate of drug-likeness (QED) is 0.593. The summed E-state index contributed by atoms with van der Waals surface area (Å²) in [6, 6.07) is 9.32. The van der Waals surface area contributed by atoms with Crippen molar-refractivity contribution in [2.75, 3.05) is 17.7 Å². The number of pyridine rings is 1. The molecule has 0 bridgehead atoms. The number of phenolic OH excluding ortho intramolecular Hbond substituents is 1. The van der Waals surface area contributed by atoms with Crippen molar-refractivity contribution in [2.45, 2.75) is 58.8 Å². The van der Waals surface area contributed by atoms with E-state index in [4.69, 9.17) is 0 Å². The van der Waals surface area contributed by atoms with Gasteiger partial charge in [0, 0.05) is 41.7 Å². The van der Waals surface area contributed by atoms with Crippen molar-refractivity contribution < 1.29 is 19.5 Å². The molecule has 1 heterocycles. The Balaban J connectivity index is 2.54. The second-order valence-corrected chi connectivity index (χ2v) is 11.1. The summed E-state index contributed by atoms with van der Waals surface area (Å²) in [6.45, 7) is 12.5. The molecule has 0 radical (unpaired) electrons. The Morgan fingerprint density at radius 1 is 1.00 bits per heavy atom. The average Bonchev–Trinajstić information content (AvgIpc) is 2.56. The predicted octanol–water partition coefficient (Wildman–Crippen LogP) is 4.57. The van der Waals surface area contributed by atoms with Crippen LogP contribution in [-0.4, -0.2) is 32.7 Å². The Kier molecular flexibility index (Phi) is 6.83. The van der Waals surface area contributed by atoms with Crippen LogP contribution < -0.4 is 4.90 Å². The fraction of sp³-hybridized carbons (Fsp3) is 0.500. The Bertz CT molecular complexity index is 845. The first-order valence-electron chi connectivity index (χ1n) is 9.76. The van der Waals surface area contributed by atoms with Crippen LogP contribution >= 0.6 is 7.60 Å². The summed E-state index contributed by atoms with van der Waals surface area (Å²) in [5.74, 6) is 0.245. The summed E-state index contributed by atoms with van der Waals surface area (Å²) >= 11 is 0. The number of hydrogen-bond donors (Lipinski definition) is 3. The molecule has 0 fully saturated rings. The van der Waals surface area contributed by atoms with Gasteiger partial charge < -0.3 is 19.8 Å². The van der Waals surface area contributed by atoms with Crippen LogP contribution in [0, 0.1) is 0 Å². The molecule has 1 aromatic heterocycles. The smallest absolute Gasteiger partial charge is 0.344 e. The zero-order chi connectivity index (χ0) is 22.0. The lowest BCUT2D eigenvalue weighted by Crippen LogP contribution is -2.28. The molecular formula is C22H33N2O4P. The van der Waals surface area contributed by atoms with E-state index in [9.17, 15) is 19.5 Å². The van der Waals surface area contributed by atoms with E-state index in [0.717, 1.165) is 16.8 Å². The molecule has 0 aliphatic rings. The Morgan fingerprint density at radius 3 is 1.97 bits per heavy atom. The predicted molar refractivity (Wildman–Crippen MR) is 118 cm³/mol. The molecule has 0 amide bonds. The number of aromatic nitrogens is 1. The number of nitrogens with zero attached hydrogens (tertiary/aromatic N) is 2. The fourth-order valence-corrected chi connectivity index (χ4v) is 3.99. The number of rotatable bonds is 6. The van der Waals surface area contributed by atoms with E-state index in [2.05, 4.69) is 4.98 Å². The molecule has 0 spiro atoms. The zero-order valence-corrected chi connectivity index (χ0v) is 19.1. The summed E-state index contributed by atoms with van der Waals surface area (Å²) in [5.41, 5.74) is 2.41. The molecule has 2 aromatic rings. The highest BCUT2D eigenvalue weighted by Crippen LogP contribution is 2.43. The summed E-state index contributed by atoms with van der Waals surface area (Å²) < 4.78 is 11.8. The summed E-state index contributed by atoms with van der Waals surface area (Å²) in [5, 5.41) is 10.9. The molecule has 0 aliphatic carbocycles. The molecule has 2 rings (SSSR count). The van der Waals surface area contributed by atoms with Crippen molar-refractivity contribution in [2.24, 2.45) is 0 Å². The molecule has 160 valence electrons. The average molecular weight is 420 g/mol. The van der Waals surface area contributed by atoms with Crippen LogP contribution in [0.2, 0.25) is 0 Å². The second-order valence-electron chi connectivity index (χ2n) is 9.53. The number of aromatic hydroxyl groups is 1. The third kappa shape index (κ3) is 6.56. The van der Waals surface area contributed by atoms with Crippen LogP contribution in [-0.2, 0) is 21.8 Å². The lowest BCUT2D eigenvalue weighted by atomic mass is 9.79. The van der Waals surface area contributed by atoms with Gasteiger partial charge in [-0.1, -0.05) is 47.6 Å². The second kappa shape index (κ2) is 8.47. The van der Waals surface area contributed by atoms with E-state index in [-0.39, 0.29) is 16.6 Å². The van der Waals surface area contributed by atoms with E-state index in [1.54, 1.807) is 11.1 Å². The van der Waals surface area contributed by atoms with Gasteiger partial charge in [-0.15, -0.1) is 0 Å². The van der Waals surface area contributed by atoms with Gasteiger partial charge in [-0.25, -0.2) is 0 Å². The molecule has 0 unspecified atom stereocenters. The molecule has 7 heteroatoms. The van der Waals surface area contributed by atoms with Gasteiger partial charge in [-0.05, 0) is 35.1 Å². The van der Waals surface area contributed by atoms with Crippen molar-refractivity contribution in [1.82, 2.24) is 4.98 Å². The maximum Gasteiger partial charge on any atom is 0.344 e. The van der Waals surface area contributed by atoms with Crippen molar-refractivity contribution in [3.05, 3.63) is 53.3 Å². The Labute approximate surface area is 173 Å². The third-order valence-electron chi connectivity index (χ3n) is 4.79. The largest absolute Gasteiger partial charge is 0.507 e. The first-order chi connectivity index (χ1) is 13.2. The standard InChI is InChI=1S/C22H33N2O4P/c1-21(2,3)18-13-17(14-19(20(18)25)22(4,5)6)24(15-29(26,27)28)12-10-16-9-7-8-11-23-16/h7-9,11,13-14,25H,10,12,15H2,1-6H3,(H2,26,27,28). The highest BCUT2D eigenvalue weighted by atomic mass is 31.2. The van der Waals surface area contributed by atoms with Gasteiger partial charge in [-0.3, -0.25) is 9.55 Å². The van der Waals surface area contributed by atoms with E-state index >= 15 is 0 Å². The molecular weight excluding hydrogens is 387 g/mol. The van der Waals surface area contributed by atoms with Crippen molar-refractivity contribution >= 4 is 13.3 Å². The lowest BCUT2D eigenvalue weighted by molar-refractivity contribution is 0.372. The minimum absolute atomic E-state index is 0.245. The van der Waals surface area contributed by atoms with Gasteiger partial charge in [0.1, 0.15) is 12.0 Å². The van der Waals surface area contributed by atoms with Gasteiger partial charge in [0.05, 0.1) is 0 Å². The SMILES string of the molecule is CC(C)(C)c1cc(N(CCc2ccccn2)CP(=O)(O)O)cc(C(C)(C)C)c1O. The van der Waals surface area contributed by atoms with Gasteiger partial charge in [0.25, 0.3) is 0 Å². The van der Waals surface area contributed by atoms with Crippen LogP contribution in [0.15, 0.2) is 36.5 Å². The minimum atomic E-state index is -4.29. The maximum atomic E-state index is 11.8. The topological polar surface area (TPSA) is 93.9 Å². The van der Waals surface area contributed by atoms with Crippen LogP contribution in [0.4, 0.5) is 5.69 Å². The zero-order valence-electron chi connectivity index (χ0n) is 18.2. The monoisotopic (exact) mass is 420 g/mol. The third-order valence-corrected chi connectivity index (χ3v) is 5.50. The van der Waals surface area contributed by atoms with Crippen molar-refractivity contribution in [1.29, 1.82) is 0 Å². The molecule has 0 aliphatic heterocycles. The normalized spacial score (nSPS) is 12.8. The van der Waals surface area contributed by atoms with Crippen molar-refractivity contribution in [3.63, 3.8) is 0 Å². The summed E-state index contributed by atoms with van der Waals surface area (Å²) in [7, 11) is -4.29. The van der Waals surface area contributed by atoms with E-state index < -0.39 is 13.9 Å². The molecule has 29 heavy (non-hydrogen) atoms. The van der Waals surface area contributed by atoms with Crippen molar-refractivity contribution in [3.8, 4) is 5.75 Å². The molecule has 0 saturated heterocycles. The number of phenols is 1. The molecule has 6 nitrogen and oxygen atoms in total. The van der Waals surface area contributed by atoms with Crippen LogP contribution in [0.1, 0.15) is 58.4 Å². The summed E-state index contributed by atoms with van der Waals surface area (Å²) in [4.78, 5) is 25.3.